The molecule has 1 aromatic heterocycles. The van der Waals surface area contributed by atoms with Gasteiger partial charge in [0.15, 0.2) is 0 Å². The molecule has 1 aromatic rings. The number of rotatable bonds is 4. The highest BCUT2D eigenvalue weighted by Gasteiger charge is 2.18. The Kier molecular flexibility index (Phi) is 4.20. The van der Waals surface area contributed by atoms with Crippen LogP contribution in [0.3, 0.4) is 0 Å². The predicted octanol–water partition coefficient (Wildman–Crippen LogP) is 2.83. The largest absolute Gasteiger partial charge is 0.369 e. The molecule has 4 nitrogen and oxygen atoms in total. The number of hydrogen-bond donors (Lipinski definition) is 1. The normalized spacial score (nSPS) is 15.4. The summed E-state index contributed by atoms with van der Waals surface area (Å²) in [5.74, 6) is 1.79. The molecular weight excluding hydrogens is 280 g/mol. The number of hydrogen-bond acceptors (Lipinski definition) is 4. The van der Waals surface area contributed by atoms with Crippen LogP contribution >= 0.6 is 15.9 Å². The zero-order chi connectivity index (χ0) is 12.3. The molecule has 1 aliphatic heterocycles. The Morgan fingerprint density at radius 1 is 1.24 bits per heavy atom. The third-order valence-corrected chi connectivity index (χ3v) is 3.81. The quantitative estimate of drug-likeness (QED) is 0.928. The van der Waals surface area contributed by atoms with E-state index in [0.717, 1.165) is 48.0 Å². The summed E-state index contributed by atoms with van der Waals surface area (Å²) >= 11 is 3.58. The van der Waals surface area contributed by atoms with Crippen LogP contribution in [0.4, 0.5) is 11.8 Å². The molecule has 0 spiro atoms. The number of halogens is 1. The number of anilines is 2. The van der Waals surface area contributed by atoms with E-state index in [1.165, 1.54) is 12.8 Å². The molecular formula is C12H19BrN4. The van der Waals surface area contributed by atoms with Gasteiger partial charge in [0.1, 0.15) is 5.82 Å². The third kappa shape index (κ3) is 2.70. The van der Waals surface area contributed by atoms with Gasteiger partial charge in [-0.2, -0.15) is 4.98 Å². The van der Waals surface area contributed by atoms with Gasteiger partial charge in [-0.05, 0) is 42.1 Å². The van der Waals surface area contributed by atoms with Crippen LogP contribution in [0.15, 0.2) is 4.47 Å². The Labute approximate surface area is 111 Å². The standard InChI is InChI=1S/C12H19BrN4/c1-3-9-10(13)11(14-4-2)16-12(15-9)17-7-5-6-8-17/h3-8H2,1-2H3,(H,14,15,16). The highest BCUT2D eigenvalue weighted by atomic mass is 79.9. The molecule has 2 rings (SSSR count). The molecule has 1 saturated heterocycles. The Morgan fingerprint density at radius 3 is 2.53 bits per heavy atom. The van der Waals surface area contributed by atoms with Crippen molar-refractivity contribution in [1.29, 1.82) is 0 Å². The van der Waals surface area contributed by atoms with Crippen molar-refractivity contribution in [3.63, 3.8) is 0 Å². The summed E-state index contributed by atoms with van der Waals surface area (Å²) in [6.07, 6.45) is 3.41. The molecule has 2 heterocycles. The lowest BCUT2D eigenvalue weighted by molar-refractivity contribution is 0.869. The molecule has 5 heteroatoms. The van der Waals surface area contributed by atoms with Gasteiger partial charge >= 0.3 is 0 Å². The lowest BCUT2D eigenvalue weighted by atomic mass is 10.3. The summed E-state index contributed by atoms with van der Waals surface area (Å²) in [7, 11) is 0. The van der Waals surface area contributed by atoms with Crippen LogP contribution < -0.4 is 10.2 Å². The molecule has 0 atom stereocenters. The van der Waals surface area contributed by atoms with Crippen LogP contribution in [0, 0.1) is 0 Å². The van der Waals surface area contributed by atoms with Crippen LogP contribution in [0.25, 0.3) is 0 Å². The first kappa shape index (κ1) is 12.6. The van der Waals surface area contributed by atoms with Crippen LogP contribution in [0.5, 0.6) is 0 Å². The zero-order valence-corrected chi connectivity index (χ0v) is 12.0. The molecule has 1 fully saturated rings. The van der Waals surface area contributed by atoms with Gasteiger partial charge in [0.2, 0.25) is 5.95 Å². The molecule has 0 aliphatic carbocycles. The SMILES string of the molecule is CCNc1nc(N2CCCC2)nc(CC)c1Br. The second-order valence-electron chi connectivity index (χ2n) is 4.21. The van der Waals surface area contributed by atoms with Crippen molar-refractivity contribution in [3.05, 3.63) is 10.2 Å². The van der Waals surface area contributed by atoms with Gasteiger partial charge in [0, 0.05) is 19.6 Å². The number of nitrogens with zero attached hydrogens (tertiary/aromatic N) is 3. The minimum atomic E-state index is 0.873. The Morgan fingerprint density at radius 2 is 1.94 bits per heavy atom. The van der Waals surface area contributed by atoms with Gasteiger partial charge in [-0.25, -0.2) is 4.98 Å². The van der Waals surface area contributed by atoms with Gasteiger partial charge in [0.25, 0.3) is 0 Å². The van der Waals surface area contributed by atoms with Crippen molar-refractivity contribution in [2.24, 2.45) is 0 Å². The average molecular weight is 299 g/mol. The van der Waals surface area contributed by atoms with Gasteiger partial charge in [-0.3, -0.25) is 0 Å². The Hall–Kier alpha value is -0.840. The van der Waals surface area contributed by atoms with Gasteiger partial charge in [-0.15, -0.1) is 0 Å². The molecule has 17 heavy (non-hydrogen) atoms. The van der Waals surface area contributed by atoms with E-state index in [1.807, 2.05) is 0 Å². The molecule has 1 aliphatic rings. The second kappa shape index (κ2) is 5.67. The molecule has 0 amide bonds. The summed E-state index contributed by atoms with van der Waals surface area (Å²) in [5.41, 5.74) is 1.08. The topological polar surface area (TPSA) is 41.1 Å². The van der Waals surface area contributed by atoms with Crippen molar-refractivity contribution in [2.75, 3.05) is 29.9 Å². The van der Waals surface area contributed by atoms with E-state index in [2.05, 4.69) is 50.0 Å². The maximum absolute atomic E-state index is 4.64. The van der Waals surface area contributed by atoms with E-state index in [9.17, 15) is 0 Å². The molecule has 0 radical (unpaired) electrons. The van der Waals surface area contributed by atoms with E-state index in [4.69, 9.17) is 0 Å². The minimum Gasteiger partial charge on any atom is -0.369 e. The first-order valence-electron chi connectivity index (χ1n) is 6.31. The highest BCUT2D eigenvalue weighted by molar-refractivity contribution is 9.10. The highest BCUT2D eigenvalue weighted by Crippen LogP contribution is 2.27. The minimum absolute atomic E-state index is 0.873. The first-order valence-corrected chi connectivity index (χ1v) is 7.10. The molecule has 0 unspecified atom stereocenters. The van der Waals surface area contributed by atoms with Crippen molar-refractivity contribution >= 4 is 27.7 Å². The summed E-state index contributed by atoms with van der Waals surface area (Å²) in [4.78, 5) is 11.5. The van der Waals surface area contributed by atoms with E-state index >= 15 is 0 Å². The third-order valence-electron chi connectivity index (χ3n) is 2.98. The number of nitrogens with one attached hydrogen (secondary N) is 1. The van der Waals surface area contributed by atoms with Crippen molar-refractivity contribution in [2.45, 2.75) is 33.1 Å². The monoisotopic (exact) mass is 298 g/mol. The van der Waals surface area contributed by atoms with E-state index in [0.29, 0.717) is 0 Å². The maximum Gasteiger partial charge on any atom is 0.227 e. The Balaban J connectivity index is 2.35. The molecule has 94 valence electrons. The predicted molar refractivity (Wildman–Crippen MR) is 74.7 cm³/mol. The van der Waals surface area contributed by atoms with E-state index < -0.39 is 0 Å². The van der Waals surface area contributed by atoms with E-state index in [-0.39, 0.29) is 0 Å². The first-order chi connectivity index (χ1) is 8.26. The fourth-order valence-corrected chi connectivity index (χ4v) is 2.66. The van der Waals surface area contributed by atoms with Gasteiger partial charge in [0.05, 0.1) is 10.2 Å². The van der Waals surface area contributed by atoms with Crippen LogP contribution in [-0.2, 0) is 6.42 Å². The Bertz CT molecular complexity index is 388. The van der Waals surface area contributed by atoms with Crippen molar-refractivity contribution in [3.8, 4) is 0 Å². The number of aromatic nitrogens is 2. The van der Waals surface area contributed by atoms with Crippen LogP contribution in [0.2, 0.25) is 0 Å². The average Bonchev–Trinajstić information content (AvgIpc) is 2.85. The zero-order valence-electron chi connectivity index (χ0n) is 10.5. The van der Waals surface area contributed by atoms with Gasteiger partial charge < -0.3 is 10.2 Å². The smallest absolute Gasteiger partial charge is 0.227 e. The van der Waals surface area contributed by atoms with Crippen LogP contribution in [0.1, 0.15) is 32.4 Å². The fraction of sp³-hybridized carbons (Fsp3) is 0.667. The summed E-state index contributed by atoms with van der Waals surface area (Å²) in [5, 5.41) is 3.29. The summed E-state index contributed by atoms with van der Waals surface area (Å²) in [6, 6.07) is 0. The van der Waals surface area contributed by atoms with Crippen molar-refractivity contribution < 1.29 is 0 Å². The molecule has 0 saturated carbocycles. The summed E-state index contributed by atoms with van der Waals surface area (Å²) in [6.45, 7) is 7.23. The lowest BCUT2D eigenvalue weighted by Crippen LogP contribution is -2.22. The second-order valence-corrected chi connectivity index (χ2v) is 5.00. The number of aryl methyl sites for hydroxylation is 1. The lowest BCUT2D eigenvalue weighted by Gasteiger charge is -2.18. The van der Waals surface area contributed by atoms with Crippen molar-refractivity contribution in [1.82, 2.24) is 9.97 Å². The van der Waals surface area contributed by atoms with Gasteiger partial charge in [-0.1, -0.05) is 6.92 Å². The maximum atomic E-state index is 4.64. The fourth-order valence-electron chi connectivity index (χ4n) is 2.06. The van der Waals surface area contributed by atoms with E-state index in [1.54, 1.807) is 0 Å². The molecule has 1 N–H and O–H groups in total. The molecule has 0 bridgehead atoms. The van der Waals surface area contributed by atoms with Crippen LogP contribution in [-0.4, -0.2) is 29.6 Å². The molecule has 0 aromatic carbocycles. The summed E-state index contributed by atoms with van der Waals surface area (Å²) < 4.78 is 1.00.